The molecule has 0 aliphatic rings. The first-order valence-corrected chi connectivity index (χ1v) is 12.4. The molecule has 0 aromatic rings. The van der Waals surface area contributed by atoms with Crippen molar-refractivity contribution in [3.63, 3.8) is 0 Å². The number of rotatable bonds is 0. The maximum atomic E-state index is 8.00. The molecule has 0 saturated carbocycles. The molecule has 1 nitrogen and oxygen atoms in total. The molecule has 0 atom stereocenters. The fourth-order valence-electron chi connectivity index (χ4n) is 0. The van der Waals surface area contributed by atoms with E-state index in [1.54, 1.807) is 0 Å². The zero-order valence-corrected chi connectivity index (χ0v) is 15.4. The van der Waals surface area contributed by atoms with Gasteiger partial charge in [-0.2, -0.15) is 0 Å². The molecule has 5 heteroatoms. The van der Waals surface area contributed by atoms with E-state index in [9.17, 15) is 0 Å². The van der Waals surface area contributed by atoms with Gasteiger partial charge >= 0.3 is 0 Å². The molecule has 0 radical (unpaired) electrons. The van der Waals surface area contributed by atoms with Gasteiger partial charge in [-0.15, -0.1) is 23.8 Å². The summed E-state index contributed by atoms with van der Waals surface area (Å²) in [6, 6.07) is 0. The number of hydrogen-bond donors (Lipinski definition) is 0. The van der Waals surface area contributed by atoms with E-state index in [1.807, 2.05) is 6.79 Å². The second-order valence-electron chi connectivity index (χ2n) is 4.02. The molecular formula is C10H29NiOP3. The molecule has 0 heterocycles. The molecule has 0 bridgehead atoms. The summed E-state index contributed by atoms with van der Waals surface area (Å²) in [5.41, 5.74) is 0. The molecule has 0 aliphatic carbocycles. The third-order valence-corrected chi connectivity index (χ3v) is 0. The zero-order valence-electron chi connectivity index (χ0n) is 11.8. The SMILES string of the molecule is C=O.CP(C)C.CP(C)C.CP(C)C.[Ni]. The molecule has 0 spiro atoms. The Morgan fingerprint density at radius 3 is 0.533 bits per heavy atom. The van der Waals surface area contributed by atoms with Crippen LogP contribution < -0.4 is 0 Å². The second kappa shape index (κ2) is 29.5. The Balaban J connectivity index is -0.0000000298. The summed E-state index contributed by atoms with van der Waals surface area (Å²) in [7, 11) is 1.14. The van der Waals surface area contributed by atoms with Crippen LogP contribution in [0.4, 0.5) is 0 Å². The predicted octanol–water partition coefficient (Wildman–Crippen LogP) is 3.89. The molecule has 0 unspecified atom stereocenters. The smallest absolute Gasteiger partial charge is 0.106 e. The van der Waals surface area contributed by atoms with Gasteiger partial charge in [0.05, 0.1) is 0 Å². The van der Waals surface area contributed by atoms with Crippen molar-refractivity contribution in [1.82, 2.24) is 0 Å². The maximum Gasteiger partial charge on any atom is 0.106 e. The van der Waals surface area contributed by atoms with Gasteiger partial charge in [0, 0.05) is 16.5 Å². The van der Waals surface area contributed by atoms with Crippen molar-refractivity contribution >= 4 is 30.6 Å². The van der Waals surface area contributed by atoms with Crippen molar-refractivity contribution in [2.45, 2.75) is 0 Å². The minimum atomic E-state index is 0. The molecule has 0 aliphatic heterocycles. The molecule has 0 saturated heterocycles. The van der Waals surface area contributed by atoms with Crippen LogP contribution >= 0.6 is 23.8 Å². The maximum absolute atomic E-state index is 8.00. The van der Waals surface area contributed by atoms with Crippen molar-refractivity contribution in [1.29, 1.82) is 0 Å². The molecule has 0 amide bonds. The summed E-state index contributed by atoms with van der Waals surface area (Å²) < 4.78 is 0. The summed E-state index contributed by atoms with van der Waals surface area (Å²) in [5.74, 6) is 0. The topological polar surface area (TPSA) is 17.1 Å². The van der Waals surface area contributed by atoms with Crippen molar-refractivity contribution in [2.75, 3.05) is 60.0 Å². The average Bonchev–Trinajstić information content (AvgIpc) is 1.86. The van der Waals surface area contributed by atoms with Gasteiger partial charge in [-0.25, -0.2) is 0 Å². The van der Waals surface area contributed by atoms with Crippen molar-refractivity contribution < 1.29 is 21.3 Å². The van der Waals surface area contributed by atoms with Gasteiger partial charge in [0.1, 0.15) is 6.79 Å². The molecule has 15 heavy (non-hydrogen) atoms. The minimum Gasteiger partial charge on any atom is -0.307 e. The van der Waals surface area contributed by atoms with Gasteiger partial charge in [-0.1, -0.05) is 0 Å². The van der Waals surface area contributed by atoms with E-state index < -0.39 is 0 Å². The van der Waals surface area contributed by atoms with Crippen LogP contribution in [0.5, 0.6) is 0 Å². The summed E-state index contributed by atoms with van der Waals surface area (Å²) in [4.78, 5) is 8.00. The Bertz CT molecular complexity index is 58.5. The zero-order chi connectivity index (χ0) is 12.7. The van der Waals surface area contributed by atoms with Crippen LogP contribution in [-0.2, 0) is 21.3 Å². The Labute approximate surface area is 112 Å². The van der Waals surface area contributed by atoms with Crippen LogP contribution in [0.2, 0.25) is 0 Å². The predicted molar refractivity (Wildman–Crippen MR) is 81.2 cm³/mol. The Hall–Kier alpha value is 1.45. The first-order valence-electron chi connectivity index (χ1n) is 4.31. The molecule has 0 fully saturated rings. The van der Waals surface area contributed by atoms with Gasteiger partial charge in [0.2, 0.25) is 0 Å². The largest absolute Gasteiger partial charge is 0.307 e. The van der Waals surface area contributed by atoms with E-state index in [1.165, 1.54) is 0 Å². The summed E-state index contributed by atoms with van der Waals surface area (Å²) in [6.45, 7) is 22.1. The minimum absolute atomic E-state index is 0. The molecule has 0 rings (SSSR count). The van der Waals surface area contributed by atoms with Crippen molar-refractivity contribution in [2.24, 2.45) is 0 Å². The van der Waals surface area contributed by atoms with E-state index in [0.29, 0.717) is 23.8 Å². The van der Waals surface area contributed by atoms with Gasteiger partial charge in [-0.05, 0) is 60.0 Å². The third kappa shape index (κ3) is 1320. The van der Waals surface area contributed by atoms with Gasteiger partial charge in [-0.3, -0.25) is 0 Å². The summed E-state index contributed by atoms with van der Waals surface area (Å²) in [5, 5.41) is 0. The van der Waals surface area contributed by atoms with Crippen LogP contribution in [0.15, 0.2) is 0 Å². The standard InChI is InChI=1S/3C3H9P.CH2O.Ni/c3*1-4(2)3;1-2;/h3*1-3H3;1H2;. The molecule has 0 N–H and O–H groups in total. The summed E-state index contributed by atoms with van der Waals surface area (Å²) >= 11 is 0. The van der Waals surface area contributed by atoms with Crippen molar-refractivity contribution in [3.8, 4) is 0 Å². The van der Waals surface area contributed by atoms with E-state index in [4.69, 9.17) is 4.79 Å². The van der Waals surface area contributed by atoms with E-state index in [0.717, 1.165) is 0 Å². The molecule has 100 valence electrons. The second-order valence-corrected chi connectivity index (χ2v) is 12.1. The molecular weight excluding hydrogens is 288 g/mol. The van der Waals surface area contributed by atoms with Crippen LogP contribution in [0.25, 0.3) is 0 Å². The number of carbonyl (C=O) groups excluding carboxylic acids is 1. The van der Waals surface area contributed by atoms with Crippen LogP contribution in [0.1, 0.15) is 0 Å². The van der Waals surface area contributed by atoms with Gasteiger partial charge in [0.25, 0.3) is 0 Å². The monoisotopic (exact) mass is 316 g/mol. The fourth-order valence-corrected chi connectivity index (χ4v) is 0. The Morgan fingerprint density at radius 1 is 0.533 bits per heavy atom. The number of carbonyl (C=O) groups is 1. The molecule has 0 aromatic carbocycles. The Kier molecular flexibility index (Phi) is 59.0. The third-order valence-electron chi connectivity index (χ3n) is 0. The average molecular weight is 317 g/mol. The van der Waals surface area contributed by atoms with E-state index in [-0.39, 0.29) is 16.5 Å². The van der Waals surface area contributed by atoms with Crippen molar-refractivity contribution in [3.05, 3.63) is 0 Å². The number of hydrogen-bond acceptors (Lipinski definition) is 1. The first-order chi connectivity index (χ1) is 6.20. The molecule has 0 aromatic heterocycles. The van der Waals surface area contributed by atoms with Crippen LogP contribution in [0, 0.1) is 0 Å². The Morgan fingerprint density at radius 2 is 0.533 bits per heavy atom. The summed E-state index contributed by atoms with van der Waals surface area (Å²) in [6.07, 6.45) is 0. The van der Waals surface area contributed by atoms with Gasteiger partial charge < -0.3 is 4.79 Å². The van der Waals surface area contributed by atoms with Crippen LogP contribution in [-0.4, -0.2) is 66.8 Å². The first kappa shape index (κ1) is 30.0. The quantitative estimate of drug-likeness (QED) is 0.489. The van der Waals surface area contributed by atoms with Crippen LogP contribution in [0.3, 0.4) is 0 Å². The van der Waals surface area contributed by atoms with Gasteiger partial charge in [0.15, 0.2) is 0 Å². The van der Waals surface area contributed by atoms with E-state index >= 15 is 0 Å². The fraction of sp³-hybridized carbons (Fsp3) is 0.900. The normalized spacial score (nSPS) is 7.47. The van der Waals surface area contributed by atoms with E-state index in [2.05, 4.69) is 60.0 Å².